The van der Waals surface area contributed by atoms with Crippen LogP contribution < -0.4 is 10.6 Å². The summed E-state index contributed by atoms with van der Waals surface area (Å²) in [6.45, 7) is 0. The molecule has 0 fully saturated rings. The van der Waals surface area contributed by atoms with Gasteiger partial charge < -0.3 is 10.6 Å². The highest BCUT2D eigenvalue weighted by atomic mass is 79.9. The van der Waals surface area contributed by atoms with Crippen molar-refractivity contribution in [2.45, 2.75) is 0 Å². The molecule has 0 aliphatic heterocycles. The van der Waals surface area contributed by atoms with Crippen molar-refractivity contribution in [3.8, 4) is 0 Å². The molecule has 106 valence electrons. The second kappa shape index (κ2) is 5.45. The van der Waals surface area contributed by atoms with E-state index in [1.54, 1.807) is 26.5 Å². The molecule has 2 amide bonds. The van der Waals surface area contributed by atoms with E-state index >= 15 is 0 Å². The van der Waals surface area contributed by atoms with Gasteiger partial charge in [0.25, 0.3) is 11.8 Å². The summed E-state index contributed by atoms with van der Waals surface area (Å²) in [5.74, 6) is -0.795. The number of anilines is 1. The van der Waals surface area contributed by atoms with Crippen molar-refractivity contribution in [3.63, 3.8) is 0 Å². The number of carbonyl (C=O) groups excluding carboxylic acids is 2. The van der Waals surface area contributed by atoms with Gasteiger partial charge >= 0.3 is 0 Å². The van der Waals surface area contributed by atoms with E-state index in [4.69, 9.17) is 0 Å². The Morgan fingerprint density at radius 2 is 1.70 bits per heavy atom. The van der Waals surface area contributed by atoms with E-state index in [2.05, 4.69) is 36.8 Å². The first-order chi connectivity index (χ1) is 9.42. The molecule has 2 heterocycles. The van der Waals surface area contributed by atoms with Crippen LogP contribution in [0.15, 0.2) is 16.9 Å². The number of carbonyl (C=O) groups is 2. The number of hydrogen-bond donors (Lipinski definition) is 2. The second-order valence-electron chi connectivity index (χ2n) is 4.10. The SMILES string of the molecule is CNC(=O)c1nn(C)cc1NC(=O)c1nn(C)cc1Br. The highest BCUT2D eigenvalue weighted by Gasteiger charge is 2.20. The van der Waals surface area contributed by atoms with E-state index in [9.17, 15) is 9.59 Å². The third-order valence-corrected chi connectivity index (χ3v) is 3.10. The lowest BCUT2D eigenvalue weighted by Crippen LogP contribution is -2.21. The highest BCUT2D eigenvalue weighted by molar-refractivity contribution is 9.10. The lowest BCUT2D eigenvalue weighted by atomic mass is 10.3. The molecule has 0 aliphatic carbocycles. The minimum absolute atomic E-state index is 0.149. The predicted octanol–water partition coefficient (Wildman–Crippen LogP) is 0.528. The quantitative estimate of drug-likeness (QED) is 0.852. The molecule has 2 aromatic heterocycles. The number of halogens is 1. The average Bonchev–Trinajstić information content (AvgIpc) is 2.91. The fourth-order valence-corrected chi connectivity index (χ4v) is 2.22. The second-order valence-corrected chi connectivity index (χ2v) is 4.95. The van der Waals surface area contributed by atoms with E-state index in [0.29, 0.717) is 10.2 Å². The topological polar surface area (TPSA) is 93.8 Å². The molecule has 0 bridgehead atoms. The Bertz CT molecular complexity index is 675. The third-order valence-electron chi connectivity index (χ3n) is 2.52. The highest BCUT2D eigenvalue weighted by Crippen LogP contribution is 2.18. The van der Waals surface area contributed by atoms with Crippen molar-refractivity contribution >= 4 is 33.4 Å². The van der Waals surface area contributed by atoms with Gasteiger partial charge in [-0.25, -0.2) is 0 Å². The maximum Gasteiger partial charge on any atom is 0.277 e. The van der Waals surface area contributed by atoms with Gasteiger partial charge in [-0.1, -0.05) is 0 Å². The zero-order valence-corrected chi connectivity index (χ0v) is 12.7. The molecule has 20 heavy (non-hydrogen) atoms. The van der Waals surface area contributed by atoms with Gasteiger partial charge in [-0.15, -0.1) is 0 Å². The van der Waals surface area contributed by atoms with E-state index in [-0.39, 0.29) is 17.3 Å². The first-order valence-electron chi connectivity index (χ1n) is 5.68. The Morgan fingerprint density at radius 1 is 1.10 bits per heavy atom. The molecule has 2 rings (SSSR count). The van der Waals surface area contributed by atoms with E-state index in [1.807, 2.05) is 0 Å². The summed E-state index contributed by atoms with van der Waals surface area (Å²) in [5, 5.41) is 13.1. The summed E-state index contributed by atoms with van der Waals surface area (Å²) < 4.78 is 3.54. The number of hydrogen-bond acceptors (Lipinski definition) is 4. The average molecular weight is 341 g/mol. The molecule has 0 saturated heterocycles. The molecule has 0 radical (unpaired) electrons. The molecule has 0 saturated carbocycles. The van der Waals surface area contributed by atoms with Crippen LogP contribution in [-0.4, -0.2) is 38.4 Å². The number of aromatic nitrogens is 4. The van der Waals surface area contributed by atoms with Crippen LogP contribution in [0.2, 0.25) is 0 Å². The van der Waals surface area contributed by atoms with Crippen molar-refractivity contribution in [1.82, 2.24) is 24.9 Å². The van der Waals surface area contributed by atoms with Gasteiger partial charge in [0.05, 0.1) is 10.2 Å². The first kappa shape index (κ1) is 14.3. The van der Waals surface area contributed by atoms with Crippen molar-refractivity contribution < 1.29 is 9.59 Å². The standard InChI is InChI=1S/C11H13BrN6O2/c1-13-10(19)9-7(5-18(3)16-9)14-11(20)8-6(12)4-17(2)15-8/h4-5H,1-3H3,(H,13,19)(H,14,20). The lowest BCUT2D eigenvalue weighted by molar-refractivity contribution is 0.0958. The van der Waals surface area contributed by atoms with Crippen LogP contribution in [0.25, 0.3) is 0 Å². The van der Waals surface area contributed by atoms with Crippen LogP contribution in [0, 0.1) is 0 Å². The van der Waals surface area contributed by atoms with Crippen molar-refractivity contribution in [2.75, 3.05) is 12.4 Å². The van der Waals surface area contributed by atoms with Crippen LogP contribution in [-0.2, 0) is 14.1 Å². The van der Waals surface area contributed by atoms with Crippen LogP contribution in [0.5, 0.6) is 0 Å². The Morgan fingerprint density at radius 3 is 2.25 bits per heavy atom. The Balaban J connectivity index is 2.28. The molecule has 2 aromatic rings. The van der Waals surface area contributed by atoms with Gasteiger partial charge in [0.1, 0.15) is 0 Å². The van der Waals surface area contributed by atoms with Crippen LogP contribution in [0.4, 0.5) is 5.69 Å². The number of nitrogens with one attached hydrogen (secondary N) is 2. The normalized spacial score (nSPS) is 10.4. The molecule has 0 atom stereocenters. The van der Waals surface area contributed by atoms with Gasteiger partial charge in [-0.2, -0.15) is 10.2 Å². The molecule has 0 spiro atoms. The zero-order valence-electron chi connectivity index (χ0n) is 11.1. The Kier molecular flexibility index (Phi) is 3.89. The molecule has 0 aliphatic rings. The maximum absolute atomic E-state index is 12.1. The third kappa shape index (κ3) is 2.72. The van der Waals surface area contributed by atoms with Crippen molar-refractivity contribution in [2.24, 2.45) is 14.1 Å². The van der Waals surface area contributed by atoms with Crippen LogP contribution in [0.3, 0.4) is 0 Å². The van der Waals surface area contributed by atoms with Gasteiger partial charge in [-0.05, 0) is 15.9 Å². The molecule has 0 unspecified atom stereocenters. The Hall–Kier alpha value is -2.16. The lowest BCUT2D eigenvalue weighted by Gasteiger charge is -2.02. The largest absolute Gasteiger partial charge is 0.354 e. The fraction of sp³-hybridized carbons (Fsp3) is 0.273. The number of nitrogens with zero attached hydrogens (tertiary/aromatic N) is 4. The fourth-order valence-electron chi connectivity index (χ4n) is 1.66. The first-order valence-corrected chi connectivity index (χ1v) is 6.48. The number of aryl methyl sites for hydroxylation is 2. The minimum atomic E-state index is -0.421. The summed E-state index contributed by atoms with van der Waals surface area (Å²) in [6, 6.07) is 0. The summed E-state index contributed by atoms with van der Waals surface area (Å²) >= 11 is 3.25. The number of rotatable bonds is 3. The van der Waals surface area contributed by atoms with E-state index in [0.717, 1.165) is 0 Å². The van der Waals surface area contributed by atoms with Gasteiger partial charge in [0.15, 0.2) is 11.4 Å². The molecular weight excluding hydrogens is 328 g/mol. The molecule has 9 heteroatoms. The maximum atomic E-state index is 12.1. The van der Waals surface area contributed by atoms with Crippen molar-refractivity contribution in [3.05, 3.63) is 28.3 Å². The molecule has 2 N–H and O–H groups in total. The van der Waals surface area contributed by atoms with E-state index in [1.165, 1.54) is 16.4 Å². The van der Waals surface area contributed by atoms with Gasteiger partial charge in [-0.3, -0.25) is 19.0 Å². The summed E-state index contributed by atoms with van der Waals surface area (Å²) in [7, 11) is 4.87. The van der Waals surface area contributed by atoms with E-state index < -0.39 is 5.91 Å². The molecular formula is C11H13BrN6O2. The monoisotopic (exact) mass is 340 g/mol. The van der Waals surface area contributed by atoms with Crippen LogP contribution in [0.1, 0.15) is 21.0 Å². The van der Waals surface area contributed by atoms with Crippen molar-refractivity contribution in [1.29, 1.82) is 0 Å². The van der Waals surface area contributed by atoms with Crippen LogP contribution >= 0.6 is 15.9 Å². The summed E-state index contributed by atoms with van der Waals surface area (Å²) in [4.78, 5) is 23.8. The Labute approximate surface area is 123 Å². The molecule has 8 nitrogen and oxygen atoms in total. The smallest absolute Gasteiger partial charge is 0.277 e. The summed E-state index contributed by atoms with van der Waals surface area (Å²) in [6.07, 6.45) is 3.22. The number of amides is 2. The predicted molar refractivity (Wildman–Crippen MR) is 75.5 cm³/mol. The van der Waals surface area contributed by atoms with Gasteiger partial charge in [0.2, 0.25) is 0 Å². The zero-order chi connectivity index (χ0) is 14.9. The summed E-state index contributed by atoms with van der Waals surface area (Å²) in [5.41, 5.74) is 0.712. The minimum Gasteiger partial charge on any atom is -0.354 e. The molecule has 0 aromatic carbocycles. The van der Waals surface area contributed by atoms with Gasteiger partial charge in [0, 0.05) is 33.5 Å².